The molecule has 1 aromatic heterocycles. The molecule has 22 heavy (non-hydrogen) atoms. The Labute approximate surface area is 146 Å². The van der Waals surface area contributed by atoms with E-state index in [1.807, 2.05) is 0 Å². The normalized spacial score (nSPS) is 11.5. The van der Waals surface area contributed by atoms with Crippen LogP contribution in [0.5, 0.6) is 0 Å². The van der Waals surface area contributed by atoms with E-state index >= 15 is 0 Å². The lowest BCUT2D eigenvalue weighted by atomic mass is 10.1. The molecule has 0 fully saturated rings. The predicted molar refractivity (Wildman–Crippen MR) is 92.4 cm³/mol. The van der Waals surface area contributed by atoms with Crippen molar-refractivity contribution in [2.75, 3.05) is 18.1 Å². The third-order valence-electron chi connectivity index (χ3n) is 3.37. The minimum atomic E-state index is -0.0897. The maximum Gasteiger partial charge on any atom is 0.286 e. The van der Waals surface area contributed by atoms with Crippen LogP contribution in [0.15, 0.2) is 10.7 Å². The smallest absolute Gasteiger partial charge is 0.286 e. The Hall–Kier alpha value is -0.720. The third kappa shape index (κ3) is 6.58. The molecule has 0 radical (unpaired) electrons. The van der Waals surface area contributed by atoms with E-state index in [0.29, 0.717) is 12.1 Å². The summed E-state index contributed by atoms with van der Waals surface area (Å²) in [5, 5.41) is 13.5. The van der Waals surface area contributed by atoms with Crippen LogP contribution in [0.4, 0.5) is 0 Å². The Kier molecular flexibility index (Phi) is 10.1. The zero-order chi connectivity index (χ0) is 15.5. The first-order chi connectivity index (χ1) is 9.12. The lowest BCUT2D eigenvalue weighted by Crippen LogP contribution is -2.69. The second-order valence-corrected chi connectivity index (χ2v) is 6.71. The van der Waals surface area contributed by atoms with Gasteiger partial charge in [-0.3, -0.25) is 15.3 Å². The molecule has 0 saturated carbocycles. The lowest BCUT2D eigenvalue weighted by Gasteiger charge is -2.39. The number of aromatic nitrogens is 2. The molecule has 0 aliphatic rings. The molecule has 0 amide bonds. The number of nitrogens with one attached hydrogen (secondary N) is 1. The van der Waals surface area contributed by atoms with Gasteiger partial charge in [-0.2, -0.15) is 0 Å². The Morgan fingerprint density at radius 3 is 1.95 bits per heavy atom. The van der Waals surface area contributed by atoms with E-state index < -0.39 is 0 Å². The largest absolute Gasteiger partial charge is 0.380 e. The average molecular weight is 356 g/mol. The number of nitrogens with zero attached hydrogens (tertiary/aromatic N) is 4. The van der Waals surface area contributed by atoms with Gasteiger partial charge in [0.25, 0.3) is 11.8 Å². The highest BCUT2D eigenvalue weighted by Crippen LogP contribution is 2.09. The Morgan fingerprint density at radius 1 is 1.14 bits per heavy atom. The Morgan fingerprint density at radius 2 is 1.64 bits per heavy atom. The lowest BCUT2D eigenvalue weighted by molar-refractivity contribution is -0.770. The van der Waals surface area contributed by atoms with Gasteiger partial charge in [0.05, 0.1) is 0 Å². The summed E-state index contributed by atoms with van der Waals surface area (Å²) in [6.07, 6.45) is 1.60. The predicted octanol–water partition coefficient (Wildman–Crippen LogP) is 1.70. The highest BCUT2D eigenvalue weighted by atomic mass is 35.5. The molecule has 0 atom stereocenters. The number of hydrogen-bond donors (Lipinski definition) is 1. The molecule has 0 saturated heterocycles. The molecule has 8 heteroatoms. The van der Waals surface area contributed by atoms with Crippen LogP contribution >= 0.6 is 24.8 Å². The van der Waals surface area contributed by atoms with E-state index in [-0.39, 0.29) is 35.9 Å². The van der Waals surface area contributed by atoms with Crippen molar-refractivity contribution in [3.05, 3.63) is 11.8 Å². The summed E-state index contributed by atoms with van der Waals surface area (Å²) in [6, 6.07) is 1.01. The monoisotopic (exact) mass is 355 g/mol. The van der Waals surface area contributed by atoms with Crippen molar-refractivity contribution in [1.29, 1.82) is 5.41 Å². The molecule has 1 N–H and O–H groups in total. The molecule has 0 aromatic carbocycles. The van der Waals surface area contributed by atoms with Gasteiger partial charge in [0.1, 0.15) is 0 Å². The zero-order valence-corrected chi connectivity index (χ0v) is 16.3. The highest BCUT2D eigenvalue weighted by molar-refractivity contribution is 5.85. The van der Waals surface area contributed by atoms with Gasteiger partial charge < -0.3 is 4.52 Å². The SMILES string of the molecule is CC(C)N(CCN([n+]1cc(=N)o[n-]1)C(C)(C)C)C(C)C.Cl.Cl. The van der Waals surface area contributed by atoms with Gasteiger partial charge in [-0.1, -0.05) is 25.6 Å². The van der Waals surface area contributed by atoms with Crippen molar-refractivity contribution in [1.82, 2.24) is 10.2 Å². The quantitative estimate of drug-likeness (QED) is 0.789. The molecule has 1 rings (SSSR count). The Bertz CT molecular complexity index is 456. The van der Waals surface area contributed by atoms with Crippen molar-refractivity contribution in [2.45, 2.75) is 66.1 Å². The van der Waals surface area contributed by atoms with Crippen LogP contribution < -0.4 is 20.6 Å². The molecule has 0 bridgehead atoms. The van der Waals surface area contributed by atoms with Gasteiger partial charge in [-0.15, -0.1) is 24.8 Å². The molecule has 1 heterocycles. The second-order valence-electron chi connectivity index (χ2n) is 6.71. The topological polar surface area (TPSA) is 61.5 Å². The fourth-order valence-electron chi connectivity index (χ4n) is 2.42. The first-order valence-corrected chi connectivity index (χ1v) is 7.27. The molecular formula is C14H31Cl2N5O. The third-order valence-corrected chi connectivity index (χ3v) is 3.37. The van der Waals surface area contributed by atoms with E-state index in [1.54, 1.807) is 11.0 Å². The van der Waals surface area contributed by atoms with E-state index in [9.17, 15) is 0 Å². The molecule has 0 unspecified atom stereocenters. The molecule has 1 aromatic rings. The van der Waals surface area contributed by atoms with Crippen LogP contribution in [0, 0.1) is 5.41 Å². The maximum absolute atomic E-state index is 7.48. The summed E-state index contributed by atoms with van der Waals surface area (Å²) in [7, 11) is 0. The minimum absolute atomic E-state index is 0. The summed E-state index contributed by atoms with van der Waals surface area (Å²) in [5.41, 5.74) is -0.0167. The number of rotatable bonds is 6. The minimum Gasteiger partial charge on any atom is -0.380 e. The van der Waals surface area contributed by atoms with E-state index in [0.717, 1.165) is 13.1 Å². The number of hydrogen-bond acceptors (Lipinski definition) is 4. The molecule has 132 valence electrons. The standard InChI is InChI=1S/C14H29N5O.2ClH/c1-11(2)17(12(3)4)8-9-18(14(5,6)7)19-10-13(15)20-16-19;;/h10-12,15H,8-9H2,1-7H3;2*1H. The van der Waals surface area contributed by atoms with E-state index in [4.69, 9.17) is 9.93 Å². The van der Waals surface area contributed by atoms with Crippen molar-refractivity contribution in [2.24, 2.45) is 0 Å². The van der Waals surface area contributed by atoms with Crippen molar-refractivity contribution >= 4 is 24.8 Å². The summed E-state index contributed by atoms with van der Waals surface area (Å²) in [5.74, 6) is 0. The zero-order valence-electron chi connectivity index (χ0n) is 14.7. The van der Waals surface area contributed by atoms with Crippen LogP contribution in [0.2, 0.25) is 0 Å². The van der Waals surface area contributed by atoms with Crippen molar-refractivity contribution in [3.63, 3.8) is 0 Å². The van der Waals surface area contributed by atoms with Crippen molar-refractivity contribution in [3.8, 4) is 0 Å². The second kappa shape index (κ2) is 9.43. The summed E-state index contributed by atoms with van der Waals surface area (Å²) >= 11 is 0. The van der Waals surface area contributed by atoms with Crippen LogP contribution in [0.25, 0.3) is 0 Å². The molecule has 0 aliphatic carbocycles. The van der Waals surface area contributed by atoms with Crippen LogP contribution in [-0.2, 0) is 0 Å². The van der Waals surface area contributed by atoms with Crippen LogP contribution in [-0.4, -0.2) is 35.6 Å². The summed E-state index contributed by atoms with van der Waals surface area (Å²) < 4.78 is 4.87. The maximum atomic E-state index is 7.48. The van der Waals surface area contributed by atoms with Crippen molar-refractivity contribution < 1.29 is 9.31 Å². The van der Waals surface area contributed by atoms with Gasteiger partial charge in [0.2, 0.25) is 0 Å². The van der Waals surface area contributed by atoms with Gasteiger partial charge in [0, 0.05) is 30.7 Å². The highest BCUT2D eigenvalue weighted by Gasteiger charge is 2.24. The van der Waals surface area contributed by atoms with Gasteiger partial charge in [-0.05, 0) is 33.0 Å². The molecule has 0 aliphatic heterocycles. The average Bonchev–Trinajstić information content (AvgIpc) is 2.67. The first-order valence-electron chi connectivity index (χ1n) is 7.27. The fraction of sp³-hybridized carbons (Fsp3) is 0.857. The molecular weight excluding hydrogens is 325 g/mol. The van der Waals surface area contributed by atoms with Gasteiger partial charge in [-0.25, -0.2) is 0 Å². The van der Waals surface area contributed by atoms with E-state index in [1.165, 1.54) is 0 Å². The van der Waals surface area contributed by atoms with Crippen LogP contribution in [0.3, 0.4) is 0 Å². The Balaban J connectivity index is 0. The first kappa shape index (κ1) is 23.5. The molecule has 6 nitrogen and oxygen atoms in total. The van der Waals surface area contributed by atoms with Gasteiger partial charge >= 0.3 is 0 Å². The summed E-state index contributed by atoms with van der Waals surface area (Å²) in [4.78, 5) is 4.09. The summed E-state index contributed by atoms with van der Waals surface area (Å²) in [6.45, 7) is 17.0. The van der Waals surface area contributed by atoms with E-state index in [2.05, 4.69) is 63.6 Å². The van der Waals surface area contributed by atoms with Gasteiger partial charge in [0.15, 0.2) is 0 Å². The number of halogens is 2. The molecule has 0 spiro atoms. The fourth-order valence-corrected chi connectivity index (χ4v) is 2.42. The van der Waals surface area contributed by atoms with Crippen LogP contribution in [0.1, 0.15) is 48.5 Å².